The van der Waals surface area contributed by atoms with Crippen molar-refractivity contribution in [1.29, 1.82) is 0 Å². The van der Waals surface area contributed by atoms with Crippen molar-refractivity contribution in [2.45, 2.75) is 12.1 Å². The van der Waals surface area contributed by atoms with Crippen LogP contribution in [0.15, 0.2) is 115 Å². The Bertz CT molecular complexity index is 1220. The van der Waals surface area contributed by atoms with Crippen LogP contribution in [0, 0.1) is 10.1 Å². The summed E-state index contributed by atoms with van der Waals surface area (Å²) in [4.78, 5) is 26.8. The van der Waals surface area contributed by atoms with Gasteiger partial charge in [0.2, 0.25) is 0 Å². The molecule has 4 aromatic carbocycles. The Morgan fingerprint density at radius 1 is 0.743 bits per heavy atom. The van der Waals surface area contributed by atoms with E-state index in [1.54, 1.807) is 17.0 Å². The Morgan fingerprint density at radius 2 is 1.23 bits per heavy atom. The summed E-state index contributed by atoms with van der Waals surface area (Å²) in [5.41, 5.74) is 0.303. The minimum Gasteiger partial charge on any atom is -1.00 e. The van der Waals surface area contributed by atoms with E-state index in [0.29, 0.717) is 18.7 Å². The zero-order valence-electron chi connectivity index (χ0n) is 18.9. The third kappa shape index (κ3) is 4.40. The Kier molecular flexibility index (Phi) is 7.44. The molecule has 0 aromatic heterocycles. The van der Waals surface area contributed by atoms with Crippen LogP contribution in [0.3, 0.4) is 0 Å². The maximum atomic E-state index is 14.1. The van der Waals surface area contributed by atoms with Gasteiger partial charge in [0.25, 0.3) is 11.6 Å². The molecule has 0 spiro atoms. The molecule has 1 aliphatic rings. The lowest BCUT2D eigenvalue weighted by Crippen LogP contribution is -3.00. The van der Waals surface area contributed by atoms with Crippen molar-refractivity contribution in [3.63, 3.8) is 0 Å². The molecule has 1 heterocycles. The van der Waals surface area contributed by atoms with E-state index < -0.39 is 12.2 Å². The summed E-state index contributed by atoms with van der Waals surface area (Å²) in [6.45, 7) is 0.527. The van der Waals surface area contributed by atoms with Gasteiger partial charge in [-0.05, 0) is 42.5 Å². The SMILES string of the molecule is O=C1[C@H]([P+](c2ccccc2)(c2ccccc2)c2ccccc2)CCN1c1cccc([N+](=O)[O-])c1.[Br-]. The first-order valence-electron chi connectivity index (χ1n) is 11.2. The topological polar surface area (TPSA) is 63.5 Å². The normalized spacial score (nSPS) is 15.5. The molecule has 0 aliphatic carbocycles. The Labute approximate surface area is 215 Å². The van der Waals surface area contributed by atoms with Gasteiger partial charge in [0.05, 0.1) is 10.6 Å². The van der Waals surface area contributed by atoms with Crippen molar-refractivity contribution in [1.82, 2.24) is 0 Å². The summed E-state index contributed by atoms with van der Waals surface area (Å²) in [6, 6.07) is 37.4. The van der Waals surface area contributed by atoms with Crippen molar-refractivity contribution in [3.8, 4) is 0 Å². The zero-order chi connectivity index (χ0) is 23.5. The van der Waals surface area contributed by atoms with E-state index in [0.717, 1.165) is 15.9 Å². The quantitative estimate of drug-likeness (QED) is 0.210. The average molecular weight is 547 g/mol. The van der Waals surface area contributed by atoms with Crippen LogP contribution in [0.4, 0.5) is 11.4 Å². The molecule has 1 atom stereocenters. The number of non-ortho nitro benzene ring substituents is 1. The van der Waals surface area contributed by atoms with Crippen LogP contribution < -0.4 is 37.8 Å². The number of nitrogens with zero attached hydrogens (tertiary/aromatic N) is 2. The molecule has 1 saturated heterocycles. The minimum absolute atomic E-state index is 0. The average Bonchev–Trinajstić information content (AvgIpc) is 3.28. The van der Waals surface area contributed by atoms with Crippen LogP contribution >= 0.6 is 7.26 Å². The van der Waals surface area contributed by atoms with Gasteiger partial charge in [0.1, 0.15) is 23.2 Å². The molecule has 5 nitrogen and oxygen atoms in total. The maximum Gasteiger partial charge on any atom is 0.271 e. The van der Waals surface area contributed by atoms with Crippen molar-refractivity contribution >= 4 is 40.5 Å². The second-order valence-corrected chi connectivity index (χ2v) is 11.9. The van der Waals surface area contributed by atoms with Gasteiger partial charge >= 0.3 is 0 Å². The molecule has 5 rings (SSSR count). The maximum absolute atomic E-state index is 14.1. The van der Waals surface area contributed by atoms with Gasteiger partial charge in [-0.3, -0.25) is 14.9 Å². The lowest BCUT2D eigenvalue weighted by atomic mass is 10.2. The number of carbonyl (C=O) groups is 1. The van der Waals surface area contributed by atoms with Crippen molar-refractivity contribution < 1.29 is 26.7 Å². The molecule has 1 fully saturated rings. The zero-order valence-corrected chi connectivity index (χ0v) is 21.4. The number of anilines is 1. The lowest BCUT2D eigenvalue weighted by Gasteiger charge is -2.32. The van der Waals surface area contributed by atoms with Crippen LogP contribution in [0.1, 0.15) is 6.42 Å². The molecule has 1 amide bonds. The fourth-order valence-electron chi connectivity index (χ4n) is 5.03. The molecule has 35 heavy (non-hydrogen) atoms. The molecule has 0 radical (unpaired) electrons. The van der Waals surface area contributed by atoms with Gasteiger partial charge in [-0.25, -0.2) is 0 Å². The molecule has 7 heteroatoms. The molecule has 176 valence electrons. The number of amides is 1. The summed E-state index contributed by atoms with van der Waals surface area (Å²) >= 11 is 0. The van der Waals surface area contributed by atoms with Crippen LogP contribution in [0.25, 0.3) is 0 Å². The van der Waals surface area contributed by atoms with Crippen LogP contribution in [0.2, 0.25) is 0 Å². The largest absolute Gasteiger partial charge is 1.00 e. The number of nitro groups is 1. The standard InChI is InChI=1S/C28H24N2O3P.BrH/c31-28-27(19-20-29(28)22-11-10-12-23(21-22)30(32)33)34(24-13-4-1-5-14-24,25-15-6-2-7-16-25)26-17-8-3-9-18-26;/h1-18,21,27H,19-20H2;1H/q+1;/p-1/t27-;/m1./s1. The second-order valence-electron chi connectivity index (χ2n) is 8.30. The van der Waals surface area contributed by atoms with E-state index in [-0.39, 0.29) is 34.2 Å². The smallest absolute Gasteiger partial charge is 0.271 e. The molecular formula is C28H24BrN2O3P. The second kappa shape index (κ2) is 10.5. The van der Waals surface area contributed by atoms with E-state index in [9.17, 15) is 14.9 Å². The summed E-state index contributed by atoms with van der Waals surface area (Å²) in [7, 11) is -2.37. The number of nitro benzene ring substituents is 1. The van der Waals surface area contributed by atoms with Gasteiger partial charge < -0.3 is 21.9 Å². The van der Waals surface area contributed by atoms with Gasteiger partial charge in [-0.15, -0.1) is 0 Å². The third-order valence-electron chi connectivity index (χ3n) is 6.49. The highest BCUT2D eigenvalue weighted by molar-refractivity contribution is 7.97. The van der Waals surface area contributed by atoms with E-state index in [1.807, 2.05) is 54.6 Å². The van der Waals surface area contributed by atoms with E-state index in [1.165, 1.54) is 12.1 Å². The van der Waals surface area contributed by atoms with Crippen LogP contribution in [0.5, 0.6) is 0 Å². The van der Waals surface area contributed by atoms with Crippen LogP contribution in [-0.4, -0.2) is 23.0 Å². The lowest BCUT2D eigenvalue weighted by molar-refractivity contribution is -0.384. The Morgan fingerprint density at radius 3 is 1.69 bits per heavy atom. The highest BCUT2D eigenvalue weighted by Gasteiger charge is 2.58. The molecule has 0 N–H and O–H groups in total. The molecule has 0 saturated carbocycles. The fourth-order valence-corrected chi connectivity index (χ4v) is 9.91. The number of rotatable bonds is 6. The van der Waals surface area contributed by atoms with Gasteiger partial charge in [0, 0.05) is 25.1 Å². The third-order valence-corrected chi connectivity index (χ3v) is 11.2. The van der Waals surface area contributed by atoms with Gasteiger partial charge in [-0.2, -0.15) is 0 Å². The number of hydrogen-bond donors (Lipinski definition) is 0. The summed E-state index contributed by atoms with van der Waals surface area (Å²) < 4.78 is 0. The highest BCUT2D eigenvalue weighted by Crippen LogP contribution is 2.62. The van der Waals surface area contributed by atoms with Crippen molar-refractivity contribution in [2.75, 3.05) is 11.4 Å². The van der Waals surface area contributed by atoms with Crippen molar-refractivity contribution in [3.05, 3.63) is 125 Å². The predicted octanol–water partition coefficient (Wildman–Crippen LogP) is 1.70. The summed E-state index contributed by atoms with van der Waals surface area (Å²) in [5.74, 6) is 0.0189. The molecule has 1 aliphatic heterocycles. The van der Waals surface area contributed by atoms with Crippen LogP contribution in [-0.2, 0) is 4.79 Å². The fraction of sp³-hybridized carbons (Fsp3) is 0.107. The number of carbonyl (C=O) groups excluding carboxylic acids is 1. The van der Waals surface area contributed by atoms with Gasteiger partial charge in [0.15, 0.2) is 5.66 Å². The minimum atomic E-state index is -2.37. The number of hydrogen-bond acceptors (Lipinski definition) is 3. The first-order chi connectivity index (χ1) is 16.6. The number of benzene rings is 4. The summed E-state index contributed by atoms with van der Waals surface area (Å²) in [5, 5.41) is 14.8. The predicted molar refractivity (Wildman–Crippen MR) is 139 cm³/mol. The first kappa shape index (κ1) is 24.8. The first-order valence-corrected chi connectivity index (χ1v) is 13.1. The molecular weight excluding hydrogens is 523 g/mol. The van der Waals surface area contributed by atoms with E-state index >= 15 is 0 Å². The molecule has 0 bridgehead atoms. The Balaban J connectivity index is 0.00000289. The summed E-state index contributed by atoms with van der Waals surface area (Å²) in [6.07, 6.45) is 0.675. The Hall–Kier alpha value is -3.34. The number of halogens is 1. The van der Waals surface area contributed by atoms with Crippen molar-refractivity contribution in [2.24, 2.45) is 0 Å². The van der Waals surface area contributed by atoms with E-state index in [2.05, 4.69) is 36.4 Å². The monoisotopic (exact) mass is 546 g/mol. The van der Waals surface area contributed by atoms with Gasteiger partial charge in [-0.1, -0.05) is 60.7 Å². The van der Waals surface area contributed by atoms with E-state index in [4.69, 9.17) is 0 Å². The molecule has 0 unspecified atom stereocenters. The molecule has 4 aromatic rings. The highest BCUT2D eigenvalue weighted by atomic mass is 79.9.